The Balaban J connectivity index is 2.38. The van der Waals surface area contributed by atoms with Gasteiger partial charge in [-0.15, -0.1) is 11.8 Å². The fourth-order valence-electron chi connectivity index (χ4n) is 1.58. The molecule has 0 aliphatic carbocycles. The molecule has 2 nitrogen and oxygen atoms in total. The maximum absolute atomic E-state index is 5.04. The van der Waals surface area contributed by atoms with Gasteiger partial charge in [-0.2, -0.15) is 0 Å². The molecule has 1 aromatic carbocycles. The van der Waals surface area contributed by atoms with Crippen LogP contribution in [-0.2, 0) is 4.74 Å². The molecule has 96 valence electrons. The molecule has 0 radical (unpaired) electrons. The highest BCUT2D eigenvalue weighted by Crippen LogP contribution is 2.23. The fraction of sp³-hybridized carbons (Fsp3) is 0.571. The Morgan fingerprint density at radius 3 is 2.88 bits per heavy atom. The van der Waals surface area contributed by atoms with E-state index in [4.69, 9.17) is 4.74 Å². The largest absolute Gasteiger partial charge is 0.385 e. The SMILES string of the molecule is CNC(C)c1cccc(SCCCCOC)c1. The Kier molecular flexibility index (Phi) is 7.33. The summed E-state index contributed by atoms with van der Waals surface area (Å²) >= 11 is 1.93. The lowest BCUT2D eigenvalue weighted by Gasteiger charge is -2.11. The Labute approximate surface area is 109 Å². The van der Waals surface area contributed by atoms with Crippen LogP contribution in [0.25, 0.3) is 0 Å². The van der Waals surface area contributed by atoms with Gasteiger partial charge in [-0.1, -0.05) is 12.1 Å². The van der Waals surface area contributed by atoms with Gasteiger partial charge in [-0.3, -0.25) is 0 Å². The van der Waals surface area contributed by atoms with E-state index in [1.165, 1.54) is 22.6 Å². The summed E-state index contributed by atoms with van der Waals surface area (Å²) in [5.41, 5.74) is 1.36. The van der Waals surface area contributed by atoms with Gasteiger partial charge >= 0.3 is 0 Å². The van der Waals surface area contributed by atoms with Gasteiger partial charge in [0.2, 0.25) is 0 Å². The van der Waals surface area contributed by atoms with Crippen LogP contribution < -0.4 is 5.32 Å². The molecule has 3 heteroatoms. The van der Waals surface area contributed by atoms with Crippen LogP contribution in [0, 0.1) is 0 Å². The minimum Gasteiger partial charge on any atom is -0.385 e. The molecule has 0 bridgehead atoms. The molecule has 0 saturated heterocycles. The van der Waals surface area contributed by atoms with Gasteiger partial charge < -0.3 is 10.1 Å². The van der Waals surface area contributed by atoms with E-state index in [1.54, 1.807) is 7.11 Å². The Bertz CT molecular complexity index is 317. The number of unbranched alkanes of at least 4 members (excludes halogenated alkanes) is 1. The smallest absolute Gasteiger partial charge is 0.0462 e. The molecule has 17 heavy (non-hydrogen) atoms. The predicted octanol–water partition coefficient (Wildman–Crippen LogP) is 3.49. The van der Waals surface area contributed by atoms with Crippen LogP contribution in [0.5, 0.6) is 0 Å². The lowest BCUT2D eigenvalue weighted by molar-refractivity contribution is 0.194. The van der Waals surface area contributed by atoms with Crippen molar-refractivity contribution in [1.82, 2.24) is 5.32 Å². The minimum atomic E-state index is 0.420. The molecule has 0 saturated carbocycles. The van der Waals surface area contributed by atoms with Crippen LogP contribution in [0.2, 0.25) is 0 Å². The van der Waals surface area contributed by atoms with Crippen molar-refractivity contribution in [2.45, 2.75) is 30.7 Å². The molecule has 0 aliphatic heterocycles. The first kappa shape index (κ1) is 14.6. The molecule has 0 aliphatic rings. The highest BCUT2D eigenvalue weighted by molar-refractivity contribution is 7.99. The molecule has 0 spiro atoms. The van der Waals surface area contributed by atoms with Crippen LogP contribution in [-0.4, -0.2) is 26.5 Å². The van der Waals surface area contributed by atoms with E-state index in [1.807, 2.05) is 18.8 Å². The summed E-state index contributed by atoms with van der Waals surface area (Å²) in [6, 6.07) is 9.20. The molecule has 0 amide bonds. The van der Waals surface area contributed by atoms with Crippen molar-refractivity contribution in [2.75, 3.05) is 26.5 Å². The van der Waals surface area contributed by atoms with Gasteiger partial charge in [0, 0.05) is 24.7 Å². The Morgan fingerprint density at radius 1 is 1.35 bits per heavy atom. The number of thioether (sulfide) groups is 1. The quantitative estimate of drug-likeness (QED) is 0.566. The van der Waals surface area contributed by atoms with Crippen molar-refractivity contribution in [3.8, 4) is 0 Å². The molecule has 1 aromatic rings. The highest BCUT2D eigenvalue weighted by Gasteiger charge is 2.03. The van der Waals surface area contributed by atoms with Crippen molar-refractivity contribution in [1.29, 1.82) is 0 Å². The summed E-state index contributed by atoms with van der Waals surface area (Å²) in [6.07, 6.45) is 2.36. The third-order valence-corrected chi connectivity index (χ3v) is 3.88. The summed E-state index contributed by atoms with van der Waals surface area (Å²) in [5, 5.41) is 3.27. The highest BCUT2D eigenvalue weighted by atomic mass is 32.2. The van der Waals surface area contributed by atoms with Crippen LogP contribution in [0.15, 0.2) is 29.2 Å². The lowest BCUT2D eigenvalue weighted by atomic mass is 10.1. The summed E-state index contributed by atoms with van der Waals surface area (Å²) in [7, 11) is 3.75. The van der Waals surface area contributed by atoms with Gasteiger partial charge in [-0.25, -0.2) is 0 Å². The Morgan fingerprint density at radius 2 is 2.18 bits per heavy atom. The van der Waals surface area contributed by atoms with Crippen molar-refractivity contribution in [2.24, 2.45) is 0 Å². The summed E-state index contributed by atoms with van der Waals surface area (Å²) in [6.45, 7) is 3.06. The first-order chi connectivity index (χ1) is 8.27. The second-order valence-electron chi connectivity index (χ2n) is 4.13. The lowest BCUT2D eigenvalue weighted by Crippen LogP contribution is -2.11. The topological polar surface area (TPSA) is 21.3 Å². The molecular formula is C14H23NOS. The minimum absolute atomic E-state index is 0.420. The van der Waals surface area contributed by atoms with E-state index < -0.39 is 0 Å². The average molecular weight is 253 g/mol. The monoisotopic (exact) mass is 253 g/mol. The van der Waals surface area contributed by atoms with E-state index in [0.717, 1.165) is 13.0 Å². The van der Waals surface area contributed by atoms with E-state index in [2.05, 4.69) is 36.5 Å². The number of methoxy groups -OCH3 is 1. The van der Waals surface area contributed by atoms with Gasteiger partial charge in [0.25, 0.3) is 0 Å². The average Bonchev–Trinajstić information content (AvgIpc) is 2.38. The van der Waals surface area contributed by atoms with Crippen LogP contribution in [0.4, 0.5) is 0 Å². The maximum Gasteiger partial charge on any atom is 0.0462 e. The van der Waals surface area contributed by atoms with Gasteiger partial charge in [0.1, 0.15) is 0 Å². The molecule has 1 atom stereocenters. The van der Waals surface area contributed by atoms with Gasteiger partial charge in [-0.05, 0) is 50.3 Å². The van der Waals surface area contributed by atoms with Crippen molar-refractivity contribution < 1.29 is 4.74 Å². The zero-order chi connectivity index (χ0) is 12.5. The van der Waals surface area contributed by atoms with Crippen molar-refractivity contribution in [3.05, 3.63) is 29.8 Å². The molecule has 0 heterocycles. The number of hydrogen-bond donors (Lipinski definition) is 1. The standard InChI is InChI=1S/C14H23NOS/c1-12(15-2)13-7-6-8-14(11-13)17-10-5-4-9-16-3/h6-8,11-12,15H,4-5,9-10H2,1-3H3. The van der Waals surface area contributed by atoms with Crippen molar-refractivity contribution in [3.63, 3.8) is 0 Å². The summed E-state index contributed by atoms with van der Waals surface area (Å²) < 4.78 is 5.04. The fourth-order valence-corrected chi connectivity index (χ4v) is 2.56. The van der Waals surface area contributed by atoms with Gasteiger partial charge in [0.15, 0.2) is 0 Å². The molecular weight excluding hydrogens is 230 g/mol. The number of nitrogens with one attached hydrogen (secondary N) is 1. The zero-order valence-corrected chi connectivity index (χ0v) is 11.8. The maximum atomic E-state index is 5.04. The third-order valence-electron chi connectivity index (χ3n) is 2.80. The first-order valence-electron chi connectivity index (χ1n) is 6.17. The molecule has 0 fully saturated rings. The summed E-state index contributed by atoms with van der Waals surface area (Å²) in [5.74, 6) is 1.17. The van der Waals surface area contributed by atoms with Crippen LogP contribution in [0.1, 0.15) is 31.4 Å². The summed E-state index contributed by atoms with van der Waals surface area (Å²) in [4.78, 5) is 1.36. The number of benzene rings is 1. The molecule has 1 unspecified atom stereocenters. The first-order valence-corrected chi connectivity index (χ1v) is 7.15. The van der Waals surface area contributed by atoms with Crippen LogP contribution in [0.3, 0.4) is 0 Å². The molecule has 0 aromatic heterocycles. The van der Waals surface area contributed by atoms with Crippen LogP contribution >= 0.6 is 11.8 Å². The molecule has 1 N–H and O–H groups in total. The number of ether oxygens (including phenoxy) is 1. The third kappa shape index (κ3) is 5.57. The number of hydrogen-bond acceptors (Lipinski definition) is 3. The van der Waals surface area contributed by atoms with E-state index in [9.17, 15) is 0 Å². The Hall–Kier alpha value is -0.510. The second kappa shape index (κ2) is 8.56. The zero-order valence-electron chi connectivity index (χ0n) is 11.0. The molecule has 1 rings (SSSR count). The predicted molar refractivity (Wildman–Crippen MR) is 75.8 cm³/mol. The van der Waals surface area contributed by atoms with Crippen molar-refractivity contribution >= 4 is 11.8 Å². The number of rotatable bonds is 8. The van der Waals surface area contributed by atoms with E-state index in [-0.39, 0.29) is 0 Å². The second-order valence-corrected chi connectivity index (χ2v) is 5.30. The van der Waals surface area contributed by atoms with E-state index in [0.29, 0.717) is 6.04 Å². The van der Waals surface area contributed by atoms with Gasteiger partial charge in [0.05, 0.1) is 0 Å². The normalized spacial score (nSPS) is 12.6. The van der Waals surface area contributed by atoms with E-state index >= 15 is 0 Å².